The zero-order valence-electron chi connectivity index (χ0n) is 17.7. The van der Waals surface area contributed by atoms with Gasteiger partial charge in [0.2, 0.25) is 5.91 Å². The largest absolute Gasteiger partial charge is 0.493 e. The molecule has 0 aliphatic carbocycles. The summed E-state index contributed by atoms with van der Waals surface area (Å²) in [6.45, 7) is 9.16. The second-order valence-corrected chi connectivity index (χ2v) is 8.47. The summed E-state index contributed by atoms with van der Waals surface area (Å²) < 4.78 is 10.8. The number of hydrogen-bond donors (Lipinski definition) is 1. The van der Waals surface area contributed by atoms with Crippen molar-refractivity contribution in [1.82, 2.24) is 15.1 Å². The summed E-state index contributed by atoms with van der Waals surface area (Å²) in [4.78, 5) is 18.2. The Morgan fingerprint density at radius 1 is 1.14 bits per heavy atom. The van der Waals surface area contributed by atoms with E-state index in [0.29, 0.717) is 6.54 Å². The van der Waals surface area contributed by atoms with Crippen molar-refractivity contribution in [2.75, 3.05) is 46.9 Å². The van der Waals surface area contributed by atoms with Gasteiger partial charge in [-0.15, -0.1) is 11.3 Å². The monoisotopic (exact) mass is 417 g/mol. The van der Waals surface area contributed by atoms with E-state index in [-0.39, 0.29) is 11.9 Å². The molecule has 0 bridgehead atoms. The topological polar surface area (TPSA) is 54.0 Å². The van der Waals surface area contributed by atoms with Gasteiger partial charge in [-0.3, -0.25) is 14.6 Å². The standard InChI is InChI=1S/C22H31N3O3S/c1-16-12-19(27-3)20(28-4)13-18(16)14-24-7-9-25(10-8-24)15-22(26)23-17(2)21-6-5-11-29-21/h5-6,11-13,17H,7-10,14-15H2,1-4H3,(H,23,26)/t17-/m0/s1. The maximum atomic E-state index is 12.4. The van der Waals surface area contributed by atoms with Gasteiger partial charge >= 0.3 is 0 Å². The molecule has 3 rings (SSSR count). The minimum absolute atomic E-state index is 0.0665. The fourth-order valence-electron chi connectivity index (χ4n) is 3.64. The number of rotatable bonds is 8. The van der Waals surface area contributed by atoms with Crippen LogP contribution in [-0.4, -0.2) is 62.7 Å². The van der Waals surface area contributed by atoms with Crippen LogP contribution in [0.4, 0.5) is 0 Å². The van der Waals surface area contributed by atoms with E-state index in [2.05, 4.69) is 34.2 Å². The lowest BCUT2D eigenvalue weighted by Crippen LogP contribution is -2.49. The number of aryl methyl sites for hydroxylation is 1. The molecule has 158 valence electrons. The third-order valence-electron chi connectivity index (χ3n) is 5.42. The van der Waals surface area contributed by atoms with Crippen LogP contribution in [0, 0.1) is 6.92 Å². The maximum Gasteiger partial charge on any atom is 0.234 e. The van der Waals surface area contributed by atoms with Crippen LogP contribution in [0.5, 0.6) is 11.5 Å². The van der Waals surface area contributed by atoms with Crippen LogP contribution in [0.1, 0.15) is 29.0 Å². The highest BCUT2D eigenvalue weighted by Gasteiger charge is 2.21. The Labute approximate surface area is 177 Å². The van der Waals surface area contributed by atoms with Gasteiger partial charge in [-0.25, -0.2) is 0 Å². The Morgan fingerprint density at radius 3 is 2.41 bits per heavy atom. The molecule has 1 fully saturated rings. The second kappa shape index (κ2) is 10.1. The molecule has 0 saturated carbocycles. The summed E-state index contributed by atoms with van der Waals surface area (Å²) in [6, 6.07) is 8.24. The first kappa shape index (κ1) is 21.6. The molecular formula is C22H31N3O3S. The predicted molar refractivity (Wildman–Crippen MR) is 117 cm³/mol. The fraction of sp³-hybridized carbons (Fsp3) is 0.500. The Morgan fingerprint density at radius 2 is 1.79 bits per heavy atom. The number of piperazine rings is 1. The number of hydrogen-bond acceptors (Lipinski definition) is 6. The number of carbonyl (C=O) groups excluding carboxylic acids is 1. The fourth-order valence-corrected chi connectivity index (χ4v) is 4.37. The summed E-state index contributed by atoms with van der Waals surface area (Å²) in [5, 5.41) is 5.14. The summed E-state index contributed by atoms with van der Waals surface area (Å²) >= 11 is 1.67. The first-order valence-electron chi connectivity index (χ1n) is 9.99. The number of thiophene rings is 1. The highest BCUT2D eigenvalue weighted by molar-refractivity contribution is 7.10. The van der Waals surface area contributed by atoms with Gasteiger partial charge in [0.05, 0.1) is 26.8 Å². The van der Waals surface area contributed by atoms with Crippen LogP contribution < -0.4 is 14.8 Å². The lowest BCUT2D eigenvalue weighted by atomic mass is 10.1. The van der Waals surface area contributed by atoms with Crippen LogP contribution >= 0.6 is 11.3 Å². The van der Waals surface area contributed by atoms with E-state index >= 15 is 0 Å². The van der Waals surface area contributed by atoms with Crippen LogP contribution in [0.15, 0.2) is 29.6 Å². The van der Waals surface area contributed by atoms with E-state index in [1.807, 2.05) is 24.4 Å². The number of amides is 1. The normalized spacial score (nSPS) is 16.4. The molecule has 7 heteroatoms. The number of nitrogens with zero attached hydrogens (tertiary/aromatic N) is 2. The zero-order chi connectivity index (χ0) is 20.8. The molecule has 1 saturated heterocycles. The average Bonchev–Trinajstić information content (AvgIpc) is 3.25. The second-order valence-electron chi connectivity index (χ2n) is 7.49. The molecule has 1 aromatic heterocycles. The van der Waals surface area contributed by atoms with Gasteiger partial charge in [-0.05, 0) is 48.6 Å². The van der Waals surface area contributed by atoms with E-state index < -0.39 is 0 Å². The maximum absolute atomic E-state index is 12.4. The number of ether oxygens (including phenoxy) is 2. The van der Waals surface area contributed by atoms with Gasteiger partial charge in [-0.1, -0.05) is 6.07 Å². The minimum atomic E-state index is 0.0665. The smallest absolute Gasteiger partial charge is 0.234 e. The SMILES string of the molecule is COc1cc(C)c(CN2CCN(CC(=O)N[C@@H](C)c3cccs3)CC2)cc1OC. The van der Waals surface area contributed by atoms with E-state index in [9.17, 15) is 4.79 Å². The van der Waals surface area contributed by atoms with Crippen molar-refractivity contribution < 1.29 is 14.3 Å². The van der Waals surface area contributed by atoms with Gasteiger partial charge < -0.3 is 14.8 Å². The molecule has 29 heavy (non-hydrogen) atoms. The van der Waals surface area contributed by atoms with Crippen molar-refractivity contribution in [3.63, 3.8) is 0 Å². The summed E-state index contributed by atoms with van der Waals surface area (Å²) in [7, 11) is 3.33. The predicted octanol–water partition coefficient (Wildman–Crippen LogP) is 3.07. The molecule has 0 unspecified atom stereocenters. The first-order chi connectivity index (χ1) is 14.0. The van der Waals surface area contributed by atoms with Crippen molar-refractivity contribution in [2.24, 2.45) is 0 Å². The van der Waals surface area contributed by atoms with Gasteiger partial charge in [-0.2, -0.15) is 0 Å². The summed E-state index contributed by atoms with van der Waals surface area (Å²) in [5.74, 6) is 1.62. The number of methoxy groups -OCH3 is 2. The van der Waals surface area contributed by atoms with Crippen molar-refractivity contribution in [2.45, 2.75) is 26.4 Å². The highest BCUT2D eigenvalue weighted by atomic mass is 32.1. The van der Waals surface area contributed by atoms with Crippen LogP contribution in [0.2, 0.25) is 0 Å². The molecule has 1 aromatic carbocycles. The Kier molecular flexibility index (Phi) is 7.52. The quantitative estimate of drug-likeness (QED) is 0.715. The molecule has 1 N–H and O–H groups in total. The Balaban J connectivity index is 1.47. The molecular weight excluding hydrogens is 386 g/mol. The number of nitrogens with one attached hydrogen (secondary N) is 1. The lowest BCUT2D eigenvalue weighted by molar-refractivity contribution is -0.123. The molecule has 6 nitrogen and oxygen atoms in total. The molecule has 0 spiro atoms. The Bertz CT molecular complexity index is 802. The summed E-state index contributed by atoms with van der Waals surface area (Å²) in [6.07, 6.45) is 0. The summed E-state index contributed by atoms with van der Waals surface area (Å²) in [5.41, 5.74) is 2.45. The van der Waals surface area contributed by atoms with Crippen LogP contribution in [0.25, 0.3) is 0 Å². The van der Waals surface area contributed by atoms with Gasteiger partial charge in [0, 0.05) is 37.6 Å². The third-order valence-corrected chi connectivity index (χ3v) is 6.47. The average molecular weight is 418 g/mol. The van der Waals surface area contributed by atoms with E-state index in [0.717, 1.165) is 44.2 Å². The van der Waals surface area contributed by atoms with E-state index in [1.54, 1.807) is 25.6 Å². The third kappa shape index (κ3) is 5.72. The molecule has 0 radical (unpaired) electrons. The van der Waals surface area contributed by atoms with Crippen LogP contribution in [0.3, 0.4) is 0 Å². The molecule has 1 atom stereocenters. The Hall–Kier alpha value is -2.09. The van der Waals surface area contributed by atoms with Gasteiger partial charge in [0.15, 0.2) is 11.5 Å². The van der Waals surface area contributed by atoms with Gasteiger partial charge in [0.25, 0.3) is 0 Å². The highest BCUT2D eigenvalue weighted by Crippen LogP contribution is 2.31. The van der Waals surface area contributed by atoms with Crippen molar-refractivity contribution in [1.29, 1.82) is 0 Å². The van der Waals surface area contributed by atoms with Crippen molar-refractivity contribution >= 4 is 17.2 Å². The van der Waals surface area contributed by atoms with Crippen molar-refractivity contribution in [3.05, 3.63) is 45.6 Å². The van der Waals surface area contributed by atoms with E-state index in [4.69, 9.17) is 9.47 Å². The van der Waals surface area contributed by atoms with Crippen LogP contribution in [-0.2, 0) is 11.3 Å². The zero-order valence-corrected chi connectivity index (χ0v) is 18.6. The molecule has 1 aliphatic rings. The number of carbonyl (C=O) groups is 1. The van der Waals surface area contributed by atoms with Crippen molar-refractivity contribution in [3.8, 4) is 11.5 Å². The molecule has 2 aromatic rings. The minimum Gasteiger partial charge on any atom is -0.493 e. The molecule has 1 aliphatic heterocycles. The molecule has 1 amide bonds. The molecule has 2 heterocycles. The lowest BCUT2D eigenvalue weighted by Gasteiger charge is -2.34. The first-order valence-corrected chi connectivity index (χ1v) is 10.9. The van der Waals surface area contributed by atoms with Gasteiger partial charge in [0.1, 0.15) is 0 Å². The number of benzene rings is 1. The van der Waals surface area contributed by atoms with E-state index in [1.165, 1.54) is 16.0 Å².